The van der Waals surface area contributed by atoms with E-state index in [1.165, 1.54) is 12.8 Å². The van der Waals surface area contributed by atoms with Gasteiger partial charge in [0.15, 0.2) is 0 Å². The van der Waals surface area contributed by atoms with Crippen LogP contribution in [0.4, 0.5) is 5.69 Å². The monoisotopic (exact) mass is 448 g/mol. The molecule has 1 aliphatic rings. The number of hydrogen-bond acceptors (Lipinski definition) is 5. The van der Waals surface area contributed by atoms with Crippen molar-refractivity contribution in [1.29, 1.82) is 5.26 Å². The first kappa shape index (κ1) is 21.9. The number of aliphatic imine (C=N–C) groups is 1. The molecular formula is C28H28N6. The summed E-state index contributed by atoms with van der Waals surface area (Å²) >= 11 is 0. The lowest BCUT2D eigenvalue weighted by Crippen LogP contribution is -2.29. The molecule has 0 spiro atoms. The van der Waals surface area contributed by atoms with Gasteiger partial charge in [0.2, 0.25) is 0 Å². The third kappa shape index (κ3) is 4.18. The molecule has 1 aliphatic heterocycles. The number of nitrogens with two attached hydrogens (primary N) is 1. The van der Waals surface area contributed by atoms with Gasteiger partial charge >= 0.3 is 0 Å². The summed E-state index contributed by atoms with van der Waals surface area (Å²) in [6.07, 6.45) is 8.34. The molecule has 1 fully saturated rings. The van der Waals surface area contributed by atoms with E-state index in [4.69, 9.17) is 10.7 Å². The van der Waals surface area contributed by atoms with Crippen LogP contribution in [0, 0.1) is 17.2 Å². The molecule has 2 aromatic heterocycles. The third-order valence-electron chi connectivity index (χ3n) is 6.67. The topological polar surface area (TPSA) is 92.0 Å². The first-order valence-electron chi connectivity index (χ1n) is 11.7. The number of aromatic nitrogens is 2. The molecule has 2 aromatic carbocycles. The summed E-state index contributed by atoms with van der Waals surface area (Å²) in [6, 6.07) is 18.1. The Hall–Kier alpha value is -3.95. The van der Waals surface area contributed by atoms with E-state index in [9.17, 15) is 5.26 Å². The fourth-order valence-corrected chi connectivity index (χ4v) is 4.85. The lowest BCUT2D eigenvalue weighted by Gasteiger charge is -2.23. The van der Waals surface area contributed by atoms with Gasteiger partial charge in [-0.15, -0.1) is 0 Å². The van der Waals surface area contributed by atoms with Crippen LogP contribution >= 0.6 is 0 Å². The van der Waals surface area contributed by atoms with Crippen LogP contribution in [0.25, 0.3) is 33.3 Å². The quantitative estimate of drug-likeness (QED) is 0.336. The zero-order valence-corrected chi connectivity index (χ0v) is 19.3. The summed E-state index contributed by atoms with van der Waals surface area (Å²) in [4.78, 5) is 9.12. The minimum Gasteiger partial charge on any atom is -0.398 e. The van der Waals surface area contributed by atoms with Gasteiger partial charge in [0.05, 0.1) is 29.0 Å². The maximum atomic E-state index is 9.28. The third-order valence-corrected chi connectivity index (χ3v) is 6.67. The van der Waals surface area contributed by atoms with Crippen molar-refractivity contribution >= 4 is 22.8 Å². The zero-order chi connectivity index (χ0) is 23.5. The highest BCUT2D eigenvalue weighted by Gasteiger charge is 2.19. The van der Waals surface area contributed by atoms with E-state index in [2.05, 4.69) is 33.2 Å². The average Bonchev–Trinajstić information content (AvgIpc) is 3.28. The van der Waals surface area contributed by atoms with E-state index >= 15 is 0 Å². The van der Waals surface area contributed by atoms with Gasteiger partial charge in [0.25, 0.3) is 0 Å². The number of hydrogen-bond donors (Lipinski definition) is 2. The molecule has 0 unspecified atom stereocenters. The number of benzene rings is 2. The van der Waals surface area contributed by atoms with E-state index in [0.717, 1.165) is 58.5 Å². The maximum absolute atomic E-state index is 9.28. The second-order valence-electron chi connectivity index (χ2n) is 8.86. The summed E-state index contributed by atoms with van der Waals surface area (Å²) < 4.78 is 2.34. The fraction of sp³-hybridized carbons (Fsp3) is 0.250. The number of nitrogens with one attached hydrogen (secondary N) is 1. The van der Waals surface area contributed by atoms with Crippen molar-refractivity contribution in [2.45, 2.75) is 19.4 Å². The molecule has 1 saturated heterocycles. The first-order valence-corrected chi connectivity index (χ1v) is 11.7. The Morgan fingerprint density at radius 2 is 1.91 bits per heavy atom. The van der Waals surface area contributed by atoms with Gasteiger partial charge < -0.3 is 15.6 Å². The number of anilines is 1. The molecule has 3 heterocycles. The lowest BCUT2D eigenvalue weighted by atomic mass is 9.94. The van der Waals surface area contributed by atoms with Gasteiger partial charge in [-0.3, -0.25) is 9.98 Å². The first-order chi connectivity index (χ1) is 16.7. The SMILES string of the molecule is CN=Cc1cc(-c2ncc3c(ccn3CC3CCNCC3)c2-c2ccc(C#N)cc2)ccc1N. The van der Waals surface area contributed by atoms with Crippen molar-refractivity contribution in [3.05, 3.63) is 72.1 Å². The van der Waals surface area contributed by atoms with E-state index in [-0.39, 0.29) is 0 Å². The minimum atomic E-state index is 0.642. The highest BCUT2D eigenvalue weighted by Crippen LogP contribution is 2.38. The summed E-state index contributed by atoms with van der Waals surface area (Å²) in [6.45, 7) is 3.17. The Kier molecular flexibility index (Phi) is 6.11. The highest BCUT2D eigenvalue weighted by molar-refractivity contribution is 6.02. The lowest BCUT2D eigenvalue weighted by molar-refractivity contribution is 0.337. The number of nitrogens with zero attached hydrogens (tertiary/aromatic N) is 4. The normalized spacial score (nSPS) is 14.6. The molecule has 0 atom stereocenters. The molecule has 0 aliphatic carbocycles. The van der Waals surface area contributed by atoms with Crippen molar-refractivity contribution < 1.29 is 0 Å². The van der Waals surface area contributed by atoms with Crippen LogP contribution in [0.3, 0.4) is 0 Å². The Morgan fingerprint density at radius 3 is 2.65 bits per heavy atom. The smallest absolute Gasteiger partial charge is 0.0991 e. The molecule has 0 amide bonds. The Bertz CT molecular complexity index is 1390. The molecular weight excluding hydrogens is 420 g/mol. The van der Waals surface area contributed by atoms with Crippen molar-refractivity contribution in [2.75, 3.05) is 25.9 Å². The van der Waals surface area contributed by atoms with Crippen molar-refractivity contribution in [1.82, 2.24) is 14.9 Å². The van der Waals surface area contributed by atoms with E-state index in [1.807, 2.05) is 48.7 Å². The molecule has 0 radical (unpaired) electrons. The molecule has 6 heteroatoms. The number of piperidine rings is 1. The Balaban J connectivity index is 1.67. The van der Waals surface area contributed by atoms with Crippen LogP contribution in [0.15, 0.2) is 65.9 Å². The Morgan fingerprint density at radius 1 is 1.15 bits per heavy atom. The maximum Gasteiger partial charge on any atom is 0.0991 e. The summed E-state index contributed by atoms with van der Waals surface area (Å²) in [5.41, 5.74) is 13.5. The standard InChI is InChI=1S/C28H28N6/c1-31-16-23-14-22(6-7-25(23)30)28-27(21-4-2-19(15-29)3-5-21)24-10-13-34(26(24)17-33-28)18-20-8-11-32-12-9-20/h2-7,10,13-14,16-17,20,32H,8-9,11-12,18,30H2,1H3. The van der Waals surface area contributed by atoms with Gasteiger partial charge in [0.1, 0.15) is 0 Å². The van der Waals surface area contributed by atoms with Crippen molar-refractivity contribution in [3.63, 3.8) is 0 Å². The van der Waals surface area contributed by atoms with Crippen LogP contribution in [-0.2, 0) is 6.54 Å². The molecule has 5 rings (SSSR count). The van der Waals surface area contributed by atoms with Gasteiger partial charge in [-0.1, -0.05) is 18.2 Å². The minimum absolute atomic E-state index is 0.642. The molecule has 3 N–H and O–H groups in total. The van der Waals surface area contributed by atoms with Crippen LogP contribution in [0.2, 0.25) is 0 Å². The van der Waals surface area contributed by atoms with E-state index < -0.39 is 0 Å². The summed E-state index contributed by atoms with van der Waals surface area (Å²) in [5.74, 6) is 0.669. The van der Waals surface area contributed by atoms with Crippen LogP contribution < -0.4 is 11.1 Å². The van der Waals surface area contributed by atoms with E-state index in [0.29, 0.717) is 17.2 Å². The second kappa shape index (κ2) is 9.50. The van der Waals surface area contributed by atoms with Gasteiger partial charge in [0, 0.05) is 53.8 Å². The number of rotatable bonds is 5. The van der Waals surface area contributed by atoms with Gasteiger partial charge in [-0.2, -0.15) is 5.26 Å². The molecule has 0 saturated carbocycles. The predicted octanol–water partition coefficient (Wildman–Crippen LogP) is 4.87. The predicted molar refractivity (Wildman–Crippen MR) is 139 cm³/mol. The Labute approximate surface area is 199 Å². The largest absolute Gasteiger partial charge is 0.398 e. The molecule has 6 nitrogen and oxygen atoms in total. The molecule has 0 bridgehead atoms. The number of pyridine rings is 1. The van der Waals surface area contributed by atoms with Gasteiger partial charge in [-0.25, -0.2) is 0 Å². The van der Waals surface area contributed by atoms with Crippen molar-refractivity contribution in [2.24, 2.45) is 10.9 Å². The number of nitriles is 1. The highest BCUT2D eigenvalue weighted by atomic mass is 15.0. The number of fused-ring (bicyclic) bond motifs is 1. The summed E-state index contributed by atoms with van der Waals surface area (Å²) in [7, 11) is 1.74. The zero-order valence-electron chi connectivity index (χ0n) is 19.3. The summed E-state index contributed by atoms with van der Waals surface area (Å²) in [5, 5.41) is 13.9. The average molecular weight is 449 g/mol. The van der Waals surface area contributed by atoms with Crippen LogP contribution in [0.1, 0.15) is 24.0 Å². The number of nitrogen functional groups attached to an aromatic ring is 1. The van der Waals surface area contributed by atoms with Crippen LogP contribution in [0.5, 0.6) is 0 Å². The van der Waals surface area contributed by atoms with E-state index in [1.54, 1.807) is 13.3 Å². The molecule has 34 heavy (non-hydrogen) atoms. The van der Waals surface area contributed by atoms with Crippen LogP contribution in [-0.4, -0.2) is 35.9 Å². The van der Waals surface area contributed by atoms with Gasteiger partial charge in [-0.05, 0) is 67.7 Å². The second-order valence-corrected chi connectivity index (χ2v) is 8.86. The van der Waals surface area contributed by atoms with Crippen molar-refractivity contribution in [3.8, 4) is 28.5 Å². The fourth-order valence-electron chi connectivity index (χ4n) is 4.85. The molecule has 4 aromatic rings. The molecule has 170 valence electrons.